The number of amides is 1. The molecule has 0 radical (unpaired) electrons. The van der Waals surface area contributed by atoms with Crippen LogP contribution in [0.3, 0.4) is 0 Å². The molecule has 1 N–H and O–H groups in total. The highest BCUT2D eigenvalue weighted by molar-refractivity contribution is 7.89. The van der Waals surface area contributed by atoms with Crippen molar-refractivity contribution >= 4 is 15.9 Å². The molecule has 1 unspecified atom stereocenters. The Morgan fingerprint density at radius 2 is 1.77 bits per heavy atom. The van der Waals surface area contributed by atoms with E-state index >= 15 is 0 Å². The van der Waals surface area contributed by atoms with Gasteiger partial charge in [-0.25, -0.2) is 17.1 Å². The van der Waals surface area contributed by atoms with E-state index < -0.39 is 21.9 Å². The molecule has 1 aromatic heterocycles. The zero-order valence-corrected chi connectivity index (χ0v) is 17.3. The third-order valence-electron chi connectivity index (χ3n) is 4.66. The van der Waals surface area contributed by atoms with Crippen LogP contribution in [0.1, 0.15) is 30.2 Å². The molecule has 1 heterocycles. The van der Waals surface area contributed by atoms with Gasteiger partial charge in [-0.15, -0.1) is 0 Å². The number of carbonyl (C=O) groups is 1. The second-order valence-electron chi connectivity index (χ2n) is 6.81. The molecule has 2 aromatic carbocycles. The van der Waals surface area contributed by atoms with E-state index in [9.17, 15) is 17.6 Å². The van der Waals surface area contributed by atoms with E-state index in [-0.39, 0.29) is 23.8 Å². The minimum absolute atomic E-state index is 0.0119. The first-order chi connectivity index (χ1) is 14.4. The van der Waals surface area contributed by atoms with Crippen LogP contribution in [-0.2, 0) is 14.8 Å². The van der Waals surface area contributed by atoms with Gasteiger partial charge in [0.2, 0.25) is 15.9 Å². The van der Waals surface area contributed by atoms with Crippen molar-refractivity contribution in [2.75, 3.05) is 13.6 Å². The molecule has 0 fully saturated rings. The Kier molecular flexibility index (Phi) is 7.02. The maximum Gasteiger partial charge on any atom is 0.242 e. The summed E-state index contributed by atoms with van der Waals surface area (Å²) in [7, 11) is -2.30. The van der Waals surface area contributed by atoms with Crippen molar-refractivity contribution in [1.82, 2.24) is 9.62 Å². The van der Waals surface area contributed by atoms with E-state index in [2.05, 4.69) is 5.32 Å². The van der Waals surface area contributed by atoms with Gasteiger partial charge < -0.3 is 9.73 Å². The molecule has 158 valence electrons. The van der Waals surface area contributed by atoms with Gasteiger partial charge >= 0.3 is 0 Å². The van der Waals surface area contributed by atoms with Crippen LogP contribution in [0, 0.1) is 5.82 Å². The summed E-state index contributed by atoms with van der Waals surface area (Å²) in [4.78, 5) is 12.5. The molecule has 0 bridgehead atoms. The lowest BCUT2D eigenvalue weighted by Gasteiger charge is -2.19. The SMILES string of the molecule is CN(CCCC(=O)NC(c1ccccc1)c1ccco1)S(=O)(=O)c1ccc(F)cc1. The molecule has 1 atom stereocenters. The lowest BCUT2D eigenvalue weighted by atomic mass is 10.0. The molecule has 1 amide bonds. The van der Waals surface area contributed by atoms with Crippen molar-refractivity contribution in [2.24, 2.45) is 0 Å². The predicted molar refractivity (Wildman–Crippen MR) is 111 cm³/mol. The highest BCUT2D eigenvalue weighted by Crippen LogP contribution is 2.22. The molecular weight excluding hydrogens is 407 g/mol. The maximum absolute atomic E-state index is 13.0. The summed E-state index contributed by atoms with van der Waals surface area (Å²) < 4.78 is 44.7. The van der Waals surface area contributed by atoms with Gasteiger partial charge in [0.15, 0.2) is 0 Å². The Bertz CT molecular complexity index is 1050. The Labute approximate surface area is 175 Å². The van der Waals surface area contributed by atoms with Gasteiger partial charge in [0.1, 0.15) is 17.6 Å². The zero-order valence-electron chi connectivity index (χ0n) is 16.5. The van der Waals surface area contributed by atoms with E-state index in [1.165, 1.54) is 19.2 Å². The summed E-state index contributed by atoms with van der Waals surface area (Å²) in [5.41, 5.74) is 0.886. The van der Waals surface area contributed by atoms with Crippen LogP contribution in [0.5, 0.6) is 0 Å². The lowest BCUT2D eigenvalue weighted by molar-refractivity contribution is -0.121. The van der Waals surface area contributed by atoms with Gasteiger partial charge in [-0.1, -0.05) is 30.3 Å². The fourth-order valence-electron chi connectivity index (χ4n) is 3.02. The van der Waals surface area contributed by atoms with Crippen LogP contribution < -0.4 is 5.32 Å². The van der Waals surface area contributed by atoms with Crippen LogP contribution in [0.2, 0.25) is 0 Å². The van der Waals surface area contributed by atoms with Gasteiger partial charge in [-0.2, -0.15) is 0 Å². The van der Waals surface area contributed by atoms with Crippen LogP contribution >= 0.6 is 0 Å². The van der Waals surface area contributed by atoms with Crippen molar-refractivity contribution in [3.8, 4) is 0 Å². The molecule has 0 aliphatic rings. The minimum Gasteiger partial charge on any atom is -0.467 e. The van der Waals surface area contributed by atoms with Crippen molar-refractivity contribution in [2.45, 2.75) is 23.8 Å². The maximum atomic E-state index is 13.0. The molecular formula is C22H23FN2O4S. The number of nitrogens with zero attached hydrogens (tertiary/aromatic N) is 1. The quantitative estimate of drug-likeness (QED) is 0.561. The molecule has 8 heteroatoms. The summed E-state index contributed by atoms with van der Waals surface area (Å²) in [5.74, 6) is -0.101. The topological polar surface area (TPSA) is 79.6 Å². The molecule has 6 nitrogen and oxygen atoms in total. The van der Waals surface area contributed by atoms with E-state index in [4.69, 9.17) is 4.42 Å². The van der Waals surface area contributed by atoms with E-state index in [0.717, 1.165) is 22.0 Å². The van der Waals surface area contributed by atoms with E-state index in [1.807, 2.05) is 30.3 Å². The molecule has 0 saturated heterocycles. The second-order valence-corrected chi connectivity index (χ2v) is 8.86. The summed E-state index contributed by atoms with van der Waals surface area (Å²) >= 11 is 0. The van der Waals surface area contributed by atoms with E-state index in [0.29, 0.717) is 12.2 Å². The van der Waals surface area contributed by atoms with Crippen LogP contribution in [0.25, 0.3) is 0 Å². The van der Waals surface area contributed by atoms with Crippen LogP contribution in [-0.4, -0.2) is 32.2 Å². The smallest absolute Gasteiger partial charge is 0.242 e. The van der Waals surface area contributed by atoms with Crippen molar-refractivity contribution in [1.29, 1.82) is 0 Å². The van der Waals surface area contributed by atoms with Gasteiger partial charge in [0, 0.05) is 20.0 Å². The van der Waals surface area contributed by atoms with Crippen LogP contribution in [0.15, 0.2) is 82.3 Å². The Morgan fingerprint density at radius 3 is 2.40 bits per heavy atom. The summed E-state index contributed by atoms with van der Waals surface area (Å²) in [6.07, 6.45) is 2.03. The third kappa shape index (κ3) is 5.34. The van der Waals surface area contributed by atoms with Crippen molar-refractivity contribution in [3.05, 3.63) is 90.1 Å². The first-order valence-corrected chi connectivity index (χ1v) is 10.9. The number of benzene rings is 2. The van der Waals surface area contributed by atoms with Crippen molar-refractivity contribution in [3.63, 3.8) is 0 Å². The fraction of sp³-hybridized carbons (Fsp3) is 0.227. The molecule has 3 aromatic rings. The highest BCUT2D eigenvalue weighted by Gasteiger charge is 2.22. The standard InChI is InChI=1S/C22H23FN2O4S/c1-25(30(27,28)19-13-11-18(23)12-14-19)15-5-10-21(26)24-22(20-9-6-16-29-20)17-7-3-2-4-8-17/h2-4,6-9,11-14,16,22H,5,10,15H2,1H3,(H,24,26). The Hall–Kier alpha value is -2.97. The van der Waals surface area contributed by atoms with Gasteiger partial charge in [-0.05, 0) is 48.4 Å². The number of nitrogens with one attached hydrogen (secondary N) is 1. The number of hydrogen-bond donors (Lipinski definition) is 1. The lowest BCUT2D eigenvalue weighted by Crippen LogP contribution is -2.31. The number of halogens is 1. The number of sulfonamides is 1. The highest BCUT2D eigenvalue weighted by atomic mass is 32.2. The number of rotatable bonds is 9. The monoisotopic (exact) mass is 430 g/mol. The average Bonchev–Trinajstić information content (AvgIpc) is 3.27. The molecule has 3 rings (SSSR count). The molecule has 30 heavy (non-hydrogen) atoms. The Balaban J connectivity index is 1.57. The van der Waals surface area contributed by atoms with Gasteiger partial charge in [0.05, 0.1) is 11.2 Å². The van der Waals surface area contributed by atoms with Crippen molar-refractivity contribution < 1.29 is 22.0 Å². The zero-order chi connectivity index (χ0) is 21.6. The largest absolute Gasteiger partial charge is 0.467 e. The normalized spacial score (nSPS) is 12.6. The fourth-order valence-corrected chi connectivity index (χ4v) is 4.23. The summed E-state index contributed by atoms with van der Waals surface area (Å²) in [6.45, 7) is 0.157. The molecule has 0 aliphatic heterocycles. The molecule has 0 saturated carbocycles. The second kappa shape index (κ2) is 9.69. The number of furan rings is 1. The minimum atomic E-state index is -3.74. The Morgan fingerprint density at radius 1 is 1.07 bits per heavy atom. The summed E-state index contributed by atoms with van der Waals surface area (Å²) in [5, 5.41) is 2.94. The van der Waals surface area contributed by atoms with Crippen LogP contribution in [0.4, 0.5) is 4.39 Å². The first-order valence-electron chi connectivity index (χ1n) is 9.47. The van der Waals surface area contributed by atoms with Gasteiger partial charge in [-0.3, -0.25) is 4.79 Å². The summed E-state index contributed by atoms with van der Waals surface area (Å²) in [6, 6.07) is 17.2. The number of carbonyl (C=O) groups excluding carboxylic acids is 1. The molecule has 0 spiro atoms. The molecule has 0 aliphatic carbocycles. The third-order valence-corrected chi connectivity index (χ3v) is 6.54. The predicted octanol–water partition coefficient (Wildman–Crippen LogP) is 3.73. The average molecular weight is 431 g/mol. The van der Waals surface area contributed by atoms with E-state index in [1.54, 1.807) is 18.4 Å². The van der Waals surface area contributed by atoms with Gasteiger partial charge in [0.25, 0.3) is 0 Å². The number of hydrogen-bond acceptors (Lipinski definition) is 4. The first kappa shape index (κ1) is 21.7.